The molecule has 0 saturated heterocycles. The first-order valence-electron chi connectivity index (χ1n) is 4.53. The largest absolute Gasteiger partial charge is 0.424 e. The van der Waals surface area contributed by atoms with Gasteiger partial charge in [0.1, 0.15) is 5.75 Å². The van der Waals surface area contributed by atoms with E-state index in [-0.39, 0.29) is 6.16 Å². The van der Waals surface area contributed by atoms with Crippen molar-refractivity contribution in [2.75, 3.05) is 6.16 Å². The fourth-order valence-corrected chi connectivity index (χ4v) is 1.57. The molecule has 4 heteroatoms. The average molecular weight is 214 g/mol. The van der Waals surface area contributed by atoms with E-state index in [4.69, 9.17) is 4.52 Å². The molecule has 14 heavy (non-hydrogen) atoms. The topological polar surface area (TPSA) is 46.5 Å². The second-order valence-corrected chi connectivity index (χ2v) is 5.38. The summed E-state index contributed by atoms with van der Waals surface area (Å²) in [5.41, 5.74) is 2.19. The standard InChI is InChI=1S/C10H15O3P/c1-4-14(11,12)13-10-6-5-8(2)9(3)7-10/h5-7H,4H2,1-3H3,(H,11,12). The Balaban J connectivity index is 2.89. The van der Waals surface area contributed by atoms with Gasteiger partial charge in [0.05, 0.1) is 6.16 Å². The predicted molar refractivity (Wildman–Crippen MR) is 56.9 cm³/mol. The van der Waals surface area contributed by atoms with Gasteiger partial charge in [0.25, 0.3) is 0 Å². The normalized spacial score (nSPS) is 14.9. The van der Waals surface area contributed by atoms with E-state index >= 15 is 0 Å². The van der Waals surface area contributed by atoms with Gasteiger partial charge in [-0.2, -0.15) is 0 Å². The van der Waals surface area contributed by atoms with Crippen LogP contribution in [0.1, 0.15) is 18.1 Å². The summed E-state index contributed by atoms with van der Waals surface area (Å²) in [6.07, 6.45) is 0.125. The van der Waals surface area contributed by atoms with E-state index in [1.807, 2.05) is 19.9 Å². The maximum absolute atomic E-state index is 11.3. The van der Waals surface area contributed by atoms with Crippen molar-refractivity contribution in [2.24, 2.45) is 0 Å². The quantitative estimate of drug-likeness (QED) is 0.787. The van der Waals surface area contributed by atoms with Gasteiger partial charge in [-0.15, -0.1) is 0 Å². The monoisotopic (exact) mass is 214 g/mol. The van der Waals surface area contributed by atoms with Gasteiger partial charge in [0.2, 0.25) is 0 Å². The molecule has 0 radical (unpaired) electrons. The van der Waals surface area contributed by atoms with E-state index in [0.29, 0.717) is 5.75 Å². The van der Waals surface area contributed by atoms with Crippen LogP contribution >= 0.6 is 7.60 Å². The van der Waals surface area contributed by atoms with Gasteiger partial charge in [0, 0.05) is 0 Å². The van der Waals surface area contributed by atoms with Gasteiger partial charge >= 0.3 is 7.60 Å². The first-order valence-corrected chi connectivity index (χ1v) is 6.29. The minimum Gasteiger partial charge on any atom is -0.424 e. The summed E-state index contributed by atoms with van der Waals surface area (Å²) in [6, 6.07) is 5.36. The van der Waals surface area contributed by atoms with Gasteiger partial charge in [0.15, 0.2) is 0 Å². The highest BCUT2D eigenvalue weighted by molar-refractivity contribution is 7.53. The molecule has 0 saturated carbocycles. The van der Waals surface area contributed by atoms with Crippen molar-refractivity contribution in [3.63, 3.8) is 0 Å². The molecule has 0 fully saturated rings. The molecule has 1 atom stereocenters. The van der Waals surface area contributed by atoms with E-state index in [9.17, 15) is 9.46 Å². The first-order chi connectivity index (χ1) is 6.44. The van der Waals surface area contributed by atoms with Crippen LogP contribution in [0, 0.1) is 13.8 Å². The molecule has 0 amide bonds. The van der Waals surface area contributed by atoms with Gasteiger partial charge in [-0.1, -0.05) is 13.0 Å². The molecular formula is C10H15O3P. The van der Waals surface area contributed by atoms with Gasteiger partial charge in [-0.25, -0.2) is 4.57 Å². The molecular weight excluding hydrogens is 199 g/mol. The second kappa shape index (κ2) is 4.16. The number of hydrogen-bond acceptors (Lipinski definition) is 2. The van der Waals surface area contributed by atoms with Crippen LogP contribution < -0.4 is 4.52 Å². The number of benzene rings is 1. The maximum Gasteiger partial charge on any atom is 0.376 e. The summed E-state index contributed by atoms with van der Waals surface area (Å²) in [4.78, 5) is 9.27. The predicted octanol–water partition coefficient (Wildman–Crippen LogP) is 2.89. The zero-order valence-electron chi connectivity index (χ0n) is 8.65. The van der Waals surface area contributed by atoms with Crippen molar-refractivity contribution in [2.45, 2.75) is 20.8 Å². The lowest BCUT2D eigenvalue weighted by molar-refractivity contribution is 0.381. The fraction of sp³-hybridized carbons (Fsp3) is 0.400. The molecule has 0 spiro atoms. The van der Waals surface area contributed by atoms with Crippen LogP contribution in [-0.2, 0) is 4.57 Å². The lowest BCUT2D eigenvalue weighted by atomic mass is 10.1. The van der Waals surface area contributed by atoms with Gasteiger partial charge in [-0.3, -0.25) is 0 Å². The molecule has 1 N–H and O–H groups in total. The Labute approximate surface area is 84.3 Å². The summed E-state index contributed by atoms with van der Waals surface area (Å²) in [6.45, 7) is 5.55. The van der Waals surface area contributed by atoms with Crippen LogP contribution in [0.3, 0.4) is 0 Å². The van der Waals surface area contributed by atoms with E-state index in [2.05, 4.69) is 0 Å². The zero-order chi connectivity index (χ0) is 10.8. The Hall–Kier alpha value is -0.790. The second-order valence-electron chi connectivity index (χ2n) is 3.29. The lowest BCUT2D eigenvalue weighted by Crippen LogP contribution is -1.94. The minimum atomic E-state index is -3.43. The van der Waals surface area contributed by atoms with Crippen molar-refractivity contribution in [3.8, 4) is 5.75 Å². The molecule has 3 nitrogen and oxygen atoms in total. The Morgan fingerprint density at radius 3 is 2.50 bits per heavy atom. The number of aryl methyl sites for hydroxylation is 2. The third kappa shape index (κ3) is 2.86. The van der Waals surface area contributed by atoms with Crippen LogP contribution in [0.2, 0.25) is 0 Å². The molecule has 1 rings (SSSR count). The van der Waals surface area contributed by atoms with Crippen molar-refractivity contribution in [3.05, 3.63) is 29.3 Å². The van der Waals surface area contributed by atoms with E-state index in [1.165, 1.54) is 0 Å². The molecule has 0 bridgehead atoms. The van der Waals surface area contributed by atoms with Crippen LogP contribution in [0.25, 0.3) is 0 Å². The summed E-state index contributed by atoms with van der Waals surface area (Å²) in [5, 5.41) is 0. The highest BCUT2D eigenvalue weighted by Crippen LogP contribution is 2.42. The third-order valence-electron chi connectivity index (χ3n) is 2.13. The van der Waals surface area contributed by atoms with Crippen molar-refractivity contribution >= 4 is 7.60 Å². The molecule has 0 aliphatic carbocycles. The fourth-order valence-electron chi connectivity index (χ4n) is 1.000. The molecule has 0 heterocycles. The van der Waals surface area contributed by atoms with Crippen molar-refractivity contribution in [1.82, 2.24) is 0 Å². The molecule has 78 valence electrons. The van der Waals surface area contributed by atoms with E-state index < -0.39 is 7.60 Å². The van der Waals surface area contributed by atoms with Crippen LogP contribution in [0.4, 0.5) is 0 Å². The first kappa shape index (κ1) is 11.3. The van der Waals surface area contributed by atoms with E-state index in [1.54, 1.807) is 19.1 Å². The Morgan fingerprint density at radius 2 is 2.00 bits per heavy atom. The number of hydrogen-bond donors (Lipinski definition) is 1. The number of rotatable bonds is 3. The van der Waals surface area contributed by atoms with Crippen LogP contribution in [0.15, 0.2) is 18.2 Å². The Kier molecular flexibility index (Phi) is 3.35. The minimum absolute atomic E-state index is 0.125. The highest BCUT2D eigenvalue weighted by atomic mass is 31.2. The van der Waals surface area contributed by atoms with Crippen molar-refractivity contribution in [1.29, 1.82) is 0 Å². The summed E-state index contributed by atoms with van der Waals surface area (Å²) < 4.78 is 16.3. The SMILES string of the molecule is CCP(=O)(O)Oc1ccc(C)c(C)c1. The van der Waals surface area contributed by atoms with E-state index in [0.717, 1.165) is 11.1 Å². The zero-order valence-corrected chi connectivity index (χ0v) is 9.54. The molecule has 0 aromatic heterocycles. The summed E-state index contributed by atoms with van der Waals surface area (Å²) >= 11 is 0. The maximum atomic E-state index is 11.3. The van der Waals surface area contributed by atoms with Crippen molar-refractivity contribution < 1.29 is 14.0 Å². The Morgan fingerprint density at radius 1 is 1.36 bits per heavy atom. The van der Waals surface area contributed by atoms with Crippen LogP contribution in [-0.4, -0.2) is 11.1 Å². The summed E-state index contributed by atoms with van der Waals surface area (Å²) in [7, 11) is -3.43. The highest BCUT2D eigenvalue weighted by Gasteiger charge is 2.17. The molecule has 1 aromatic carbocycles. The molecule has 1 aromatic rings. The van der Waals surface area contributed by atoms with Gasteiger partial charge in [-0.05, 0) is 37.1 Å². The molecule has 0 aliphatic heterocycles. The molecule has 1 unspecified atom stereocenters. The average Bonchev–Trinajstić information content (AvgIpc) is 2.11. The molecule has 0 aliphatic rings. The van der Waals surface area contributed by atoms with Crippen LogP contribution in [0.5, 0.6) is 5.75 Å². The summed E-state index contributed by atoms with van der Waals surface area (Å²) in [5.74, 6) is 0.459. The lowest BCUT2D eigenvalue weighted by Gasteiger charge is -2.12. The third-order valence-corrected chi connectivity index (χ3v) is 3.42. The van der Waals surface area contributed by atoms with Gasteiger partial charge < -0.3 is 9.42 Å². The Bertz CT molecular complexity index is 374. The smallest absolute Gasteiger partial charge is 0.376 e.